The monoisotopic (exact) mass is 292 g/mol. The van der Waals surface area contributed by atoms with Crippen molar-refractivity contribution in [3.8, 4) is 0 Å². The maximum absolute atomic E-state index is 11.7. The fraction of sp³-hybridized carbons (Fsp3) is 0.467. The first-order valence-electron chi connectivity index (χ1n) is 7.15. The first-order valence-corrected chi connectivity index (χ1v) is 7.15. The average molecular weight is 292 g/mol. The number of amides is 3. The SMILES string of the molecule is CCCNC(C)c1cccc(NC(=O)NCC(=O)NC)c1. The number of anilines is 1. The van der Waals surface area contributed by atoms with E-state index in [0.29, 0.717) is 5.69 Å². The molecule has 1 atom stereocenters. The molecule has 0 bridgehead atoms. The summed E-state index contributed by atoms with van der Waals surface area (Å²) in [6.07, 6.45) is 1.07. The van der Waals surface area contributed by atoms with Crippen LogP contribution in [0.1, 0.15) is 31.9 Å². The molecule has 1 aromatic rings. The van der Waals surface area contributed by atoms with Gasteiger partial charge in [0.1, 0.15) is 0 Å². The minimum absolute atomic E-state index is 0.0452. The normalized spacial score (nSPS) is 11.6. The summed E-state index contributed by atoms with van der Waals surface area (Å²) in [4.78, 5) is 22.7. The molecule has 6 heteroatoms. The van der Waals surface area contributed by atoms with E-state index in [2.05, 4.69) is 35.1 Å². The molecule has 6 nitrogen and oxygen atoms in total. The number of rotatable bonds is 7. The van der Waals surface area contributed by atoms with Gasteiger partial charge in [0.2, 0.25) is 5.91 Å². The van der Waals surface area contributed by atoms with Crippen LogP contribution in [0.15, 0.2) is 24.3 Å². The molecule has 1 unspecified atom stereocenters. The summed E-state index contributed by atoms with van der Waals surface area (Å²) in [5.41, 5.74) is 1.81. The third-order valence-electron chi connectivity index (χ3n) is 3.03. The minimum Gasteiger partial charge on any atom is -0.358 e. The second-order valence-corrected chi connectivity index (χ2v) is 4.78. The van der Waals surface area contributed by atoms with Crippen molar-refractivity contribution in [2.45, 2.75) is 26.3 Å². The van der Waals surface area contributed by atoms with Gasteiger partial charge >= 0.3 is 6.03 Å². The van der Waals surface area contributed by atoms with Crippen LogP contribution in [0.2, 0.25) is 0 Å². The second-order valence-electron chi connectivity index (χ2n) is 4.78. The van der Waals surface area contributed by atoms with E-state index in [-0.39, 0.29) is 18.5 Å². The molecule has 0 heterocycles. The number of nitrogens with one attached hydrogen (secondary N) is 4. The van der Waals surface area contributed by atoms with Crippen LogP contribution >= 0.6 is 0 Å². The standard InChI is InChI=1S/C15H24N4O2/c1-4-8-17-11(2)12-6-5-7-13(9-12)19-15(21)18-10-14(20)16-3/h5-7,9,11,17H,4,8,10H2,1-3H3,(H,16,20)(H2,18,19,21). The highest BCUT2D eigenvalue weighted by Gasteiger charge is 2.07. The fourth-order valence-electron chi connectivity index (χ4n) is 1.79. The molecule has 3 amide bonds. The summed E-state index contributed by atoms with van der Waals surface area (Å²) < 4.78 is 0. The third-order valence-corrected chi connectivity index (χ3v) is 3.03. The molecule has 0 spiro atoms. The number of urea groups is 1. The van der Waals surface area contributed by atoms with Gasteiger partial charge in [-0.1, -0.05) is 19.1 Å². The summed E-state index contributed by atoms with van der Waals surface area (Å²) in [7, 11) is 1.52. The van der Waals surface area contributed by atoms with Gasteiger partial charge in [-0.25, -0.2) is 4.79 Å². The Morgan fingerprint density at radius 2 is 2.05 bits per heavy atom. The molecule has 0 aromatic heterocycles. The predicted octanol–water partition coefficient (Wildman–Crippen LogP) is 1.61. The Labute approximate surface area is 125 Å². The number of likely N-dealkylation sites (N-methyl/N-ethyl adjacent to an activating group) is 1. The lowest BCUT2D eigenvalue weighted by molar-refractivity contribution is -0.119. The van der Waals surface area contributed by atoms with Gasteiger partial charge in [0.05, 0.1) is 6.54 Å². The van der Waals surface area contributed by atoms with Gasteiger partial charge in [-0.15, -0.1) is 0 Å². The number of carbonyl (C=O) groups excluding carboxylic acids is 2. The van der Waals surface area contributed by atoms with Crippen LogP contribution in [0.25, 0.3) is 0 Å². The van der Waals surface area contributed by atoms with Gasteiger partial charge in [0, 0.05) is 18.8 Å². The third kappa shape index (κ3) is 6.27. The number of hydrogen-bond acceptors (Lipinski definition) is 3. The molecule has 0 aliphatic heterocycles. The molecular formula is C15H24N4O2. The van der Waals surface area contributed by atoms with E-state index in [9.17, 15) is 9.59 Å². The first kappa shape index (κ1) is 17.0. The van der Waals surface area contributed by atoms with Crippen LogP contribution in [0, 0.1) is 0 Å². The van der Waals surface area contributed by atoms with Crippen LogP contribution < -0.4 is 21.3 Å². The molecule has 0 aliphatic carbocycles. The van der Waals surface area contributed by atoms with E-state index in [1.165, 1.54) is 7.05 Å². The molecule has 0 radical (unpaired) electrons. The van der Waals surface area contributed by atoms with Gasteiger partial charge in [0.25, 0.3) is 0 Å². The molecule has 0 saturated heterocycles. The Morgan fingerprint density at radius 1 is 1.29 bits per heavy atom. The molecule has 1 aromatic carbocycles. The van der Waals surface area contributed by atoms with Gasteiger partial charge in [-0.2, -0.15) is 0 Å². The molecule has 0 saturated carbocycles. The summed E-state index contributed by atoms with van der Waals surface area (Å²) in [5, 5.41) is 11.0. The summed E-state index contributed by atoms with van der Waals surface area (Å²) >= 11 is 0. The van der Waals surface area contributed by atoms with Gasteiger partial charge < -0.3 is 21.3 Å². The predicted molar refractivity (Wildman–Crippen MR) is 84.2 cm³/mol. The van der Waals surface area contributed by atoms with Crippen LogP contribution in [0.3, 0.4) is 0 Å². The van der Waals surface area contributed by atoms with Crippen LogP contribution in [-0.4, -0.2) is 32.1 Å². The summed E-state index contributed by atoms with van der Waals surface area (Å²) in [6.45, 7) is 5.11. The summed E-state index contributed by atoms with van der Waals surface area (Å²) in [5.74, 6) is -0.240. The van der Waals surface area contributed by atoms with Crippen molar-refractivity contribution in [1.82, 2.24) is 16.0 Å². The lowest BCUT2D eigenvalue weighted by atomic mass is 10.1. The quantitative estimate of drug-likeness (QED) is 0.616. The van der Waals surface area contributed by atoms with Gasteiger partial charge in [-0.3, -0.25) is 4.79 Å². The zero-order valence-corrected chi connectivity index (χ0v) is 12.8. The van der Waals surface area contributed by atoms with Crippen LogP contribution in [-0.2, 0) is 4.79 Å². The Morgan fingerprint density at radius 3 is 2.71 bits per heavy atom. The van der Waals surface area contributed by atoms with E-state index < -0.39 is 6.03 Å². The van der Waals surface area contributed by atoms with Crippen LogP contribution in [0.5, 0.6) is 0 Å². The van der Waals surface area contributed by atoms with Crippen molar-refractivity contribution in [2.24, 2.45) is 0 Å². The van der Waals surface area contributed by atoms with Crippen molar-refractivity contribution < 1.29 is 9.59 Å². The minimum atomic E-state index is -0.398. The highest BCUT2D eigenvalue weighted by Crippen LogP contribution is 2.17. The van der Waals surface area contributed by atoms with Gasteiger partial charge in [-0.05, 0) is 37.6 Å². The summed E-state index contributed by atoms with van der Waals surface area (Å²) in [6, 6.07) is 7.47. The zero-order valence-electron chi connectivity index (χ0n) is 12.8. The van der Waals surface area contributed by atoms with Crippen molar-refractivity contribution >= 4 is 17.6 Å². The van der Waals surface area contributed by atoms with E-state index >= 15 is 0 Å². The maximum atomic E-state index is 11.7. The Hall–Kier alpha value is -2.08. The molecule has 116 valence electrons. The zero-order chi connectivity index (χ0) is 15.7. The Balaban J connectivity index is 2.55. The fourth-order valence-corrected chi connectivity index (χ4v) is 1.79. The van der Waals surface area contributed by atoms with Crippen molar-refractivity contribution in [1.29, 1.82) is 0 Å². The molecule has 4 N–H and O–H groups in total. The Bertz CT molecular complexity index is 476. The first-order chi connectivity index (χ1) is 10.1. The smallest absolute Gasteiger partial charge is 0.319 e. The highest BCUT2D eigenvalue weighted by atomic mass is 16.2. The maximum Gasteiger partial charge on any atom is 0.319 e. The highest BCUT2D eigenvalue weighted by molar-refractivity contribution is 5.92. The van der Waals surface area contributed by atoms with Crippen molar-refractivity contribution in [3.05, 3.63) is 29.8 Å². The van der Waals surface area contributed by atoms with E-state index in [0.717, 1.165) is 18.5 Å². The molecule has 0 aliphatic rings. The lowest BCUT2D eigenvalue weighted by Crippen LogP contribution is -2.37. The largest absolute Gasteiger partial charge is 0.358 e. The molecule has 21 heavy (non-hydrogen) atoms. The number of hydrogen-bond donors (Lipinski definition) is 4. The van der Waals surface area contributed by atoms with Gasteiger partial charge in [0.15, 0.2) is 0 Å². The topological polar surface area (TPSA) is 82.3 Å². The van der Waals surface area contributed by atoms with E-state index in [1.54, 1.807) is 0 Å². The second kappa shape index (κ2) is 8.97. The van der Waals surface area contributed by atoms with E-state index in [4.69, 9.17) is 0 Å². The molecule has 0 fully saturated rings. The van der Waals surface area contributed by atoms with Crippen LogP contribution in [0.4, 0.5) is 10.5 Å². The van der Waals surface area contributed by atoms with Crippen molar-refractivity contribution in [2.75, 3.05) is 25.5 Å². The molecular weight excluding hydrogens is 268 g/mol. The Kier molecular flexibility index (Phi) is 7.25. The average Bonchev–Trinajstić information content (AvgIpc) is 2.50. The van der Waals surface area contributed by atoms with Crippen molar-refractivity contribution in [3.63, 3.8) is 0 Å². The van der Waals surface area contributed by atoms with E-state index in [1.807, 2.05) is 24.3 Å². The number of carbonyl (C=O) groups is 2. The number of benzene rings is 1. The lowest BCUT2D eigenvalue weighted by Gasteiger charge is -2.15. The molecule has 1 rings (SSSR count).